The van der Waals surface area contributed by atoms with E-state index in [1.165, 1.54) is 28.3 Å². The summed E-state index contributed by atoms with van der Waals surface area (Å²) in [6.07, 6.45) is 9.77. The highest BCUT2D eigenvalue weighted by Gasteiger charge is 2.44. The van der Waals surface area contributed by atoms with Crippen LogP contribution in [0.1, 0.15) is 48.8 Å². The first kappa shape index (κ1) is 22.1. The number of pyridine rings is 1. The lowest BCUT2D eigenvalue weighted by Crippen LogP contribution is -2.50. The molecule has 0 spiro atoms. The van der Waals surface area contributed by atoms with Crippen molar-refractivity contribution in [2.24, 2.45) is 5.92 Å². The van der Waals surface area contributed by atoms with Gasteiger partial charge in [0.15, 0.2) is 0 Å². The van der Waals surface area contributed by atoms with Gasteiger partial charge in [0, 0.05) is 44.1 Å². The van der Waals surface area contributed by atoms with Gasteiger partial charge in [-0.15, -0.1) is 0 Å². The van der Waals surface area contributed by atoms with Crippen LogP contribution in [0.5, 0.6) is 0 Å². The molecule has 172 valence electrons. The first-order valence-electron chi connectivity index (χ1n) is 12.4. The van der Waals surface area contributed by atoms with E-state index in [1.807, 2.05) is 12.4 Å². The molecule has 0 bridgehead atoms. The molecule has 0 aliphatic carbocycles. The predicted octanol–water partition coefficient (Wildman–Crippen LogP) is 5.46. The SMILES string of the molecule is Cc1ccc(C2(C(=O)N3CCC[C@H](Cc4cccc5cnccc45)CC3)CCOCC2)cc1. The van der Waals surface area contributed by atoms with Gasteiger partial charge in [0.05, 0.1) is 5.41 Å². The summed E-state index contributed by atoms with van der Waals surface area (Å²) in [5.41, 5.74) is 3.36. The molecule has 0 N–H and O–H groups in total. The number of hydrogen-bond donors (Lipinski definition) is 0. The second-order valence-corrected chi connectivity index (χ2v) is 9.87. The van der Waals surface area contributed by atoms with Gasteiger partial charge in [-0.2, -0.15) is 0 Å². The summed E-state index contributed by atoms with van der Waals surface area (Å²) in [5.74, 6) is 0.915. The van der Waals surface area contributed by atoms with E-state index in [9.17, 15) is 4.79 Å². The Labute approximate surface area is 197 Å². The molecule has 4 nitrogen and oxygen atoms in total. The Kier molecular flexibility index (Phi) is 6.45. The maximum atomic E-state index is 14.0. The first-order valence-corrected chi connectivity index (χ1v) is 12.4. The molecule has 2 aliphatic heterocycles. The Morgan fingerprint density at radius 3 is 2.70 bits per heavy atom. The van der Waals surface area contributed by atoms with Gasteiger partial charge in [-0.3, -0.25) is 9.78 Å². The molecule has 0 radical (unpaired) electrons. The maximum Gasteiger partial charge on any atom is 0.233 e. The number of likely N-dealkylation sites (tertiary alicyclic amines) is 1. The number of amides is 1. The van der Waals surface area contributed by atoms with Gasteiger partial charge in [0.25, 0.3) is 0 Å². The van der Waals surface area contributed by atoms with Crippen LogP contribution in [0, 0.1) is 12.8 Å². The highest BCUT2D eigenvalue weighted by Crippen LogP contribution is 2.38. The van der Waals surface area contributed by atoms with Crippen molar-refractivity contribution in [3.63, 3.8) is 0 Å². The van der Waals surface area contributed by atoms with Crippen LogP contribution < -0.4 is 0 Å². The fraction of sp³-hybridized carbons (Fsp3) is 0.448. The van der Waals surface area contributed by atoms with Gasteiger partial charge in [-0.05, 0) is 73.9 Å². The van der Waals surface area contributed by atoms with Crippen molar-refractivity contribution in [2.45, 2.75) is 50.9 Å². The standard InChI is InChI=1S/C29H34N2O2/c1-22-7-9-26(10-8-22)29(13-18-33-19-14-29)28(32)31-16-3-4-23(12-17-31)20-24-5-2-6-25-21-30-15-11-27(24)25/h2,5-11,15,21,23H,3-4,12-14,16-20H2,1H3/t23-/m0/s1. The van der Waals surface area contributed by atoms with E-state index in [0.29, 0.717) is 25.0 Å². The number of hydrogen-bond acceptors (Lipinski definition) is 3. The van der Waals surface area contributed by atoms with Crippen molar-refractivity contribution < 1.29 is 9.53 Å². The monoisotopic (exact) mass is 442 g/mol. The molecule has 1 aromatic heterocycles. The van der Waals surface area contributed by atoms with Crippen molar-refractivity contribution in [3.8, 4) is 0 Å². The predicted molar refractivity (Wildman–Crippen MR) is 132 cm³/mol. The molecule has 2 saturated heterocycles. The molecular formula is C29H34N2O2. The Balaban J connectivity index is 1.32. The molecule has 3 heterocycles. The number of ether oxygens (including phenoxy) is 1. The Morgan fingerprint density at radius 1 is 1.06 bits per heavy atom. The second-order valence-electron chi connectivity index (χ2n) is 9.87. The maximum absolute atomic E-state index is 14.0. The molecule has 0 saturated carbocycles. The smallest absolute Gasteiger partial charge is 0.233 e. The van der Waals surface area contributed by atoms with Crippen molar-refractivity contribution in [3.05, 3.63) is 77.6 Å². The zero-order valence-corrected chi connectivity index (χ0v) is 19.6. The van der Waals surface area contributed by atoms with Crippen molar-refractivity contribution >= 4 is 16.7 Å². The van der Waals surface area contributed by atoms with Crippen LogP contribution in [0.2, 0.25) is 0 Å². The quantitative estimate of drug-likeness (QED) is 0.539. The van der Waals surface area contributed by atoms with Crippen LogP contribution in [0.3, 0.4) is 0 Å². The third-order valence-corrected chi connectivity index (χ3v) is 7.77. The molecule has 33 heavy (non-hydrogen) atoms. The molecule has 5 rings (SSSR count). The van der Waals surface area contributed by atoms with Crippen LogP contribution in [-0.4, -0.2) is 42.1 Å². The Hall–Kier alpha value is -2.72. The van der Waals surface area contributed by atoms with E-state index in [2.05, 4.69) is 65.3 Å². The number of nitrogens with zero attached hydrogens (tertiary/aromatic N) is 2. The third kappa shape index (κ3) is 4.54. The van der Waals surface area contributed by atoms with Crippen LogP contribution in [0.15, 0.2) is 60.9 Å². The minimum Gasteiger partial charge on any atom is -0.381 e. The fourth-order valence-corrected chi connectivity index (χ4v) is 5.77. The summed E-state index contributed by atoms with van der Waals surface area (Å²) in [6.45, 7) is 5.13. The lowest BCUT2D eigenvalue weighted by Gasteiger charge is -2.40. The number of aryl methyl sites for hydroxylation is 1. The van der Waals surface area contributed by atoms with Gasteiger partial charge in [-0.1, -0.05) is 48.0 Å². The summed E-state index contributed by atoms with van der Waals surface area (Å²) < 4.78 is 5.68. The molecule has 2 aromatic carbocycles. The zero-order valence-electron chi connectivity index (χ0n) is 19.6. The van der Waals surface area contributed by atoms with Gasteiger partial charge < -0.3 is 9.64 Å². The van der Waals surface area contributed by atoms with E-state index in [0.717, 1.165) is 50.8 Å². The third-order valence-electron chi connectivity index (χ3n) is 7.77. The molecule has 3 aromatic rings. The lowest BCUT2D eigenvalue weighted by atomic mass is 9.72. The summed E-state index contributed by atoms with van der Waals surface area (Å²) in [7, 11) is 0. The number of carbonyl (C=O) groups is 1. The molecule has 1 amide bonds. The van der Waals surface area contributed by atoms with Crippen molar-refractivity contribution in [1.82, 2.24) is 9.88 Å². The number of rotatable bonds is 4. The van der Waals surface area contributed by atoms with Crippen molar-refractivity contribution in [2.75, 3.05) is 26.3 Å². The van der Waals surface area contributed by atoms with Crippen LogP contribution in [-0.2, 0) is 21.4 Å². The highest BCUT2D eigenvalue weighted by molar-refractivity contribution is 5.88. The zero-order chi connectivity index (χ0) is 22.7. The molecular weight excluding hydrogens is 408 g/mol. The van der Waals surface area contributed by atoms with Gasteiger partial charge >= 0.3 is 0 Å². The normalized spacial score (nSPS) is 21.0. The van der Waals surface area contributed by atoms with E-state index in [1.54, 1.807) is 0 Å². The molecule has 2 aliphatic rings. The molecule has 0 unspecified atom stereocenters. The Bertz CT molecular complexity index is 1100. The summed E-state index contributed by atoms with van der Waals surface area (Å²) in [5, 5.41) is 2.52. The number of aromatic nitrogens is 1. The fourth-order valence-electron chi connectivity index (χ4n) is 5.77. The topological polar surface area (TPSA) is 42.4 Å². The second kappa shape index (κ2) is 9.64. The number of carbonyl (C=O) groups excluding carboxylic acids is 1. The van der Waals surface area contributed by atoms with E-state index >= 15 is 0 Å². The van der Waals surface area contributed by atoms with E-state index < -0.39 is 5.41 Å². The van der Waals surface area contributed by atoms with Crippen molar-refractivity contribution in [1.29, 1.82) is 0 Å². The largest absolute Gasteiger partial charge is 0.381 e. The summed E-state index contributed by atoms with van der Waals surface area (Å²) in [4.78, 5) is 20.5. The highest BCUT2D eigenvalue weighted by atomic mass is 16.5. The minimum atomic E-state index is -0.436. The first-order chi connectivity index (χ1) is 16.2. The Morgan fingerprint density at radius 2 is 1.88 bits per heavy atom. The summed E-state index contributed by atoms with van der Waals surface area (Å²) >= 11 is 0. The summed E-state index contributed by atoms with van der Waals surface area (Å²) in [6, 6.07) is 17.3. The molecule has 2 fully saturated rings. The minimum absolute atomic E-state index is 0.312. The van der Waals surface area contributed by atoms with E-state index in [-0.39, 0.29) is 0 Å². The molecule has 1 atom stereocenters. The lowest BCUT2D eigenvalue weighted by molar-refractivity contribution is -0.141. The van der Waals surface area contributed by atoms with Gasteiger partial charge in [0.1, 0.15) is 0 Å². The van der Waals surface area contributed by atoms with Gasteiger partial charge in [-0.25, -0.2) is 0 Å². The van der Waals surface area contributed by atoms with Gasteiger partial charge in [0.2, 0.25) is 5.91 Å². The average molecular weight is 443 g/mol. The van der Waals surface area contributed by atoms with E-state index in [4.69, 9.17) is 4.74 Å². The van der Waals surface area contributed by atoms with Crippen LogP contribution in [0.4, 0.5) is 0 Å². The van der Waals surface area contributed by atoms with Crippen LogP contribution >= 0.6 is 0 Å². The van der Waals surface area contributed by atoms with Crippen LogP contribution in [0.25, 0.3) is 10.8 Å². The molecule has 4 heteroatoms. The average Bonchev–Trinajstić information content (AvgIpc) is 3.10. The number of benzene rings is 2. The number of fused-ring (bicyclic) bond motifs is 1.